The molecule has 0 aliphatic heterocycles. The van der Waals surface area contributed by atoms with E-state index in [1.807, 2.05) is 50.3 Å². The second-order valence-corrected chi connectivity index (χ2v) is 6.58. The minimum Gasteiger partial charge on any atom is -0.340 e. The molecule has 6 heteroatoms. The fourth-order valence-electron chi connectivity index (χ4n) is 2.96. The number of hydrogen-bond acceptors (Lipinski definition) is 3. The van der Waals surface area contributed by atoms with E-state index in [2.05, 4.69) is 26.2 Å². The lowest BCUT2D eigenvalue weighted by molar-refractivity contribution is 1.10. The van der Waals surface area contributed by atoms with Crippen LogP contribution in [-0.4, -0.2) is 25.1 Å². The lowest BCUT2D eigenvalue weighted by Crippen LogP contribution is -1.84. The molecule has 0 atom stereocenters. The van der Waals surface area contributed by atoms with Crippen LogP contribution in [0.1, 0.15) is 18.3 Å². The summed E-state index contributed by atoms with van der Waals surface area (Å²) in [6.45, 7) is 3.98. The number of aryl methyl sites for hydroxylation is 1. The standard InChI is InChI=1S/C21H18ClN5/c1-3-4-5-6-18-13(2)24-21(25-18)20-15-11-14(7-8-19(15)26-27-20)16-12-23-10-9-17(16)22/h3-12H,1-2H3,(H,24,25)(H,26,27)/b4-3-,6-5-. The van der Waals surface area contributed by atoms with Crippen molar-refractivity contribution in [3.63, 3.8) is 0 Å². The van der Waals surface area contributed by atoms with Crippen LogP contribution in [-0.2, 0) is 0 Å². The number of pyridine rings is 1. The Bertz CT molecular complexity index is 1170. The number of nitrogens with zero attached hydrogens (tertiary/aromatic N) is 3. The molecule has 0 saturated carbocycles. The second-order valence-electron chi connectivity index (χ2n) is 6.17. The minimum absolute atomic E-state index is 0.666. The number of H-pyrrole nitrogens is 2. The van der Waals surface area contributed by atoms with Gasteiger partial charge in [0.25, 0.3) is 0 Å². The first-order valence-corrected chi connectivity index (χ1v) is 8.99. The topological polar surface area (TPSA) is 70.2 Å². The Kier molecular flexibility index (Phi) is 4.60. The van der Waals surface area contributed by atoms with Crippen molar-refractivity contribution in [2.75, 3.05) is 0 Å². The Morgan fingerprint density at radius 3 is 2.85 bits per heavy atom. The van der Waals surface area contributed by atoms with Crippen molar-refractivity contribution in [1.29, 1.82) is 0 Å². The van der Waals surface area contributed by atoms with Gasteiger partial charge in [-0.25, -0.2) is 4.98 Å². The fourth-order valence-corrected chi connectivity index (χ4v) is 3.17. The van der Waals surface area contributed by atoms with Crippen molar-refractivity contribution >= 4 is 28.6 Å². The molecular formula is C21H18ClN5. The molecule has 3 aromatic heterocycles. The van der Waals surface area contributed by atoms with E-state index in [9.17, 15) is 0 Å². The molecule has 4 rings (SSSR count). The molecule has 0 saturated heterocycles. The zero-order valence-electron chi connectivity index (χ0n) is 15.0. The zero-order valence-corrected chi connectivity index (χ0v) is 15.7. The average molecular weight is 376 g/mol. The highest BCUT2D eigenvalue weighted by molar-refractivity contribution is 6.33. The number of halogens is 1. The van der Waals surface area contributed by atoms with Crippen molar-refractivity contribution in [3.8, 4) is 22.6 Å². The number of imidazole rings is 1. The van der Waals surface area contributed by atoms with Crippen molar-refractivity contribution in [2.45, 2.75) is 13.8 Å². The SMILES string of the molecule is C/C=C\C=C/c1nc(-c2n[nH]c3ccc(-c4cnccc4Cl)cc23)[nH]c1C. The number of rotatable bonds is 4. The highest BCUT2D eigenvalue weighted by Crippen LogP contribution is 2.32. The van der Waals surface area contributed by atoms with Gasteiger partial charge in [-0.3, -0.25) is 10.1 Å². The molecule has 134 valence electrons. The number of aromatic nitrogens is 5. The van der Waals surface area contributed by atoms with Gasteiger partial charge in [-0.15, -0.1) is 0 Å². The minimum atomic E-state index is 0.666. The highest BCUT2D eigenvalue weighted by atomic mass is 35.5. The summed E-state index contributed by atoms with van der Waals surface area (Å²) in [6, 6.07) is 7.85. The van der Waals surface area contributed by atoms with Gasteiger partial charge in [0.05, 0.1) is 16.2 Å². The molecule has 0 amide bonds. The third-order valence-corrected chi connectivity index (χ3v) is 4.68. The summed E-state index contributed by atoms with van der Waals surface area (Å²) in [7, 11) is 0. The van der Waals surface area contributed by atoms with Gasteiger partial charge in [-0.2, -0.15) is 5.10 Å². The van der Waals surface area contributed by atoms with E-state index >= 15 is 0 Å². The van der Waals surface area contributed by atoms with Crippen LogP contribution in [0.5, 0.6) is 0 Å². The quantitative estimate of drug-likeness (QED) is 0.458. The lowest BCUT2D eigenvalue weighted by atomic mass is 10.0. The predicted molar refractivity (Wildman–Crippen MR) is 111 cm³/mol. The first-order chi connectivity index (χ1) is 13.2. The van der Waals surface area contributed by atoms with E-state index in [4.69, 9.17) is 16.6 Å². The number of hydrogen-bond donors (Lipinski definition) is 2. The van der Waals surface area contributed by atoms with E-state index in [0.717, 1.165) is 44.9 Å². The summed E-state index contributed by atoms with van der Waals surface area (Å²) < 4.78 is 0. The summed E-state index contributed by atoms with van der Waals surface area (Å²) in [4.78, 5) is 12.2. The van der Waals surface area contributed by atoms with Crippen LogP contribution >= 0.6 is 11.6 Å². The molecule has 0 unspecified atom stereocenters. The highest BCUT2D eigenvalue weighted by Gasteiger charge is 2.14. The molecule has 2 N–H and O–H groups in total. The van der Waals surface area contributed by atoms with Gasteiger partial charge in [0.2, 0.25) is 0 Å². The van der Waals surface area contributed by atoms with Crippen LogP contribution < -0.4 is 0 Å². The third kappa shape index (κ3) is 3.29. The molecular weight excluding hydrogens is 358 g/mol. The molecule has 0 radical (unpaired) electrons. The van der Waals surface area contributed by atoms with E-state index < -0.39 is 0 Å². The molecule has 3 heterocycles. The van der Waals surface area contributed by atoms with Gasteiger partial charge in [0, 0.05) is 29.0 Å². The molecule has 0 fully saturated rings. The number of nitrogens with one attached hydrogen (secondary N) is 2. The first kappa shape index (κ1) is 17.2. The fraction of sp³-hybridized carbons (Fsp3) is 0.0952. The summed E-state index contributed by atoms with van der Waals surface area (Å²) in [5.41, 5.74) is 5.48. The molecule has 0 spiro atoms. The smallest absolute Gasteiger partial charge is 0.159 e. The van der Waals surface area contributed by atoms with Crippen molar-refractivity contribution in [1.82, 2.24) is 25.1 Å². The summed E-state index contributed by atoms with van der Waals surface area (Å²) in [5, 5.41) is 9.18. The Labute approximate surface area is 161 Å². The Morgan fingerprint density at radius 1 is 1.15 bits per heavy atom. The van der Waals surface area contributed by atoms with Gasteiger partial charge >= 0.3 is 0 Å². The van der Waals surface area contributed by atoms with Crippen LogP contribution in [0.2, 0.25) is 5.02 Å². The van der Waals surface area contributed by atoms with Crippen molar-refractivity contribution in [3.05, 3.63) is 71.3 Å². The Hall–Kier alpha value is -3.18. The van der Waals surface area contributed by atoms with E-state index in [-0.39, 0.29) is 0 Å². The number of allylic oxidation sites excluding steroid dienone is 3. The molecule has 1 aromatic carbocycles. The van der Waals surface area contributed by atoms with Gasteiger partial charge < -0.3 is 4.98 Å². The molecule has 4 aromatic rings. The van der Waals surface area contributed by atoms with Gasteiger partial charge in [-0.05, 0) is 43.7 Å². The normalized spacial score (nSPS) is 12.0. The van der Waals surface area contributed by atoms with Crippen LogP contribution in [0.25, 0.3) is 39.6 Å². The zero-order chi connectivity index (χ0) is 18.8. The lowest BCUT2D eigenvalue weighted by Gasteiger charge is -2.04. The van der Waals surface area contributed by atoms with Crippen LogP contribution in [0.4, 0.5) is 0 Å². The van der Waals surface area contributed by atoms with Crippen LogP contribution in [0.15, 0.2) is 54.9 Å². The largest absolute Gasteiger partial charge is 0.340 e. The maximum atomic E-state index is 6.33. The van der Waals surface area contributed by atoms with Crippen LogP contribution in [0, 0.1) is 6.92 Å². The maximum absolute atomic E-state index is 6.33. The van der Waals surface area contributed by atoms with Gasteiger partial charge in [0.1, 0.15) is 5.69 Å². The third-order valence-electron chi connectivity index (χ3n) is 4.35. The van der Waals surface area contributed by atoms with E-state index in [0.29, 0.717) is 5.02 Å². The van der Waals surface area contributed by atoms with Gasteiger partial charge in [-0.1, -0.05) is 35.9 Å². The summed E-state index contributed by atoms with van der Waals surface area (Å²) in [5.74, 6) is 0.730. The summed E-state index contributed by atoms with van der Waals surface area (Å²) >= 11 is 6.33. The van der Waals surface area contributed by atoms with Crippen molar-refractivity contribution < 1.29 is 0 Å². The van der Waals surface area contributed by atoms with E-state index in [1.165, 1.54) is 0 Å². The number of benzene rings is 1. The van der Waals surface area contributed by atoms with Crippen molar-refractivity contribution in [2.24, 2.45) is 0 Å². The molecule has 0 bridgehead atoms. The van der Waals surface area contributed by atoms with Crippen LogP contribution in [0.3, 0.4) is 0 Å². The molecule has 0 aliphatic carbocycles. The average Bonchev–Trinajstić information content (AvgIpc) is 3.25. The van der Waals surface area contributed by atoms with E-state index in [1.54, 1.807) is 18.5 Å². The molecule has 27 heavy (non-hydrogen) atoms. The second kappa shape index (κ2) is 7.21. The predicted octanol–water partition coefficient (Wildman–Crippen LogP) is 5.57. The number of aromatic amines is 2. The monoisotopic (exact) mass is 375 g/mol. The molecule has 5 nitrogen and oxygen atoms in total. The Balaban J connectivity index is 1.80. The Morgan fingerprint density at radius 2 is 2.04 bits per heavy atom. The first-order valence-electron chi connectivity index (χ1n) is 8.61. The van der Waals surface area contributed by atoms with Gasteiger partial charge in [0.15, 0.2) is 5.82 Å². The summed E-state index contributed by atoms with van der Waals surface area (Å²) in [6.07, 6.45) is 11.4. The number of fused-ring (bicyclic) bond motifs is 1. The maximum Gasteiger partial charge on any atom is 0.159 e. The molecule has 0 aliphatic rings.